The molecule has 7 heteroatoms. The van der Waals surface area contributed by atoms with Crippen molar-refractivity contribution < 1.29 is 18.3 Å². The van der Waals surface area contributed by atoms with Crippen molar-refractivity contribution in [2.45, 2.75) is 6.04 Å². The molecule has 6 nitrogen and oxygen atoms in total. The Morgan fingerprint density at radius 1 is 1.27 bits per heavy atom. The van der Waals surface area contributed by atoms with Crippen LogP contribution < -0.4 is 15.0 Å². The monoisotopic (exact) mass is 407 g/mol. The van der Waals surface area contributed by atoms with Crippen LogP contribution in [0.25, 0.3) is 0 Å². The highest BCUT2D eigenvalue weighted by molar-refractivity contribution is 6.16. The summed E-state index contributed by atoms with van der Waals surface area (Å²) in [5.74, 6) is 0.233. The summed E-state index contributed by atoms with van der Waals surface area (Å²) in [5, 5.41) is 2.94. The number of anilines is 1. The van der Waals surface area contributed by atoms with Gasteiger partial charge in [0.05, 0.1) is 37.2 Å². The predicted molar refractivity (Wildman–Crippen MR) is 113 cm³/mol. The number of nitrogens with zero attached hydrogens (tertiary/aromatic N) is 2. The maximum atomic E-state index is 13.4. The molecule has 1 amide bonds. The van der Waals surface area contributed by atoms with E-state index in [0.29, 0.717) is 18.7 Å². The van der Waals surface area contributed by atoms with E-state index in [2.05, 4.69) is 10.2 Å². The molecule has 2 heterocycles. The molecule has 0 spiro atoms. The number of halogens is 1. The molecule has 0 fully saturated rings. The number of hydrogen-bond donors (Lipinski definition) is 1. The van der Waals surface area contributed by atoms with Crippen LogP contribution in [0.5, 0.6) is 5.75 Å². The first-order chi connectivity index (χ1) is 14.6. The van der Waals surface area contributed by atoms with E-state index in [-0.39, 0.29) is 17.8 Å². The molecule has 1 aliphatic heterocycles. The Balaban J connectivity index is 1.66. The summed E-state index contributed by atoms with van der Waals surface area (Å²) in [4.78, 5) is 19.2. The number of hydrogen-bond acceptors (Lipinski definition) is 5. The lowest BCUT2D eigenvalue weighted by atomic mass is 10.00. The van der Waals surface area contributed by atoms with Crippen LogP contribution in [0.15, 0.2) is 70.5 Å². The highest BCUT2D eigenvalue weighted by Crippen LogP contribution is 2.31. The van der Waals surface area contributed by atoms with E-state index in [1.807, 2.05) is 25.2 Å². The predicted octanol–water partition coefficient (Wildman–Crippen LogP) is 3.51. The second-order valence-electron chi connectivity index (χ2n) is 7.07. The minimum atomic E-state index is -0.292. The van der Waals surface area contributed by atoms with E-state index in [0.717, 1.165) is 28.3 Å². The van der Waals surface area contributed by atoms with Crippen LogP contribution in [-0.4, -0.2) is 44.9 Å². The van der Waals surface area contributed by atoms with Crippen molar-refractivity contribution in [1.29, 1.82) is 0 Å². The standard InChI is InChI=1S/C23H22FN3O3/c1-27-18(13-26-23(28)16-9-10-30-14-16)12-25-22(15-3-5-17(24)6-4-15)20-8-7-19(29-2)11-21(20)27/h3-11,14,18H,12-13H2,1-2H3,(H,26,28). The van der Waals surface area contributed by atoms with Crippen LogP contribution in [0, 0.1) is 5.82 Å². The Morgan fingerprint density at radius 3 is 2.77 bits per heavy atom. The van der Waals surface area contributed by atoms with E-state index >= 15 is 0 Å². The Bertz CT molecular complexity index is 1060. The molecule has 2 aromatic carbocycles. The third-order valence-electron chi connectivity index (χ3n) is 5.25. The van der Waals surface area contributed by atoms with Crippen LogP contribution in [0.1, 0.15) is 21.5 Å². The Kier molecular flexibility index (Phi) is 5.52. The largest absolute Gasteiger partial charge is 0.497 e. The average molecular weight is 407 g/mol. The van der Waals surface area contributed by atoms with Crippen LogP contribution in [-0.2, 0) is 0 Å². The molecule has 1 atom stereocenters. The van der Waals surface area contributed by atoms with E-state index in [9.17, 15) is 9.18 Å². The summed E-state index contributed by atoms with van der Waals surface area (Å²) < 4.78 is 23.8. The Hall–Kier alpha value is -3.61. The Labute approximate surface area is 174 Å². The van der Waals surface area contributed by atoms with Gasteiger partial charge in [-0.1, -0.05) is 0 Å². The average Bonchev–Trinajstić information content (AvgIpc) is 3.27. The molecule has 4 rings (SSSR count). The molecule has 1 unspecified atom stereocenters. The zero-order valence-electron chi connectivity index (χ0n) is 16.8. The molecule has 0 saturated heterocycles. The first-order valence-corrected chi connectivity index (χ1v) is 9.59. The molecule has 1 aromatic heterocycles. The van der Waals surface area contributed by atoms with Gasteiger partial charge in [-0.3, -0.25) is 9.79 Å². The molecule has 0 radical (unpaired) electrons. The van der Waals surface area contributed by atoms with Gasteiger partial charge >= 0.3 is 0 Å². The first kappa shape index (κ1) is 19.7. The third kappa shape index (κ3) is 3.91. The number of carbonyl (C=O) groups excluding carboxylic acids is 1. The Morgan fingerprint density at radius 2 is 2.07 bits per heavy atom. The number of ether oxygens (including phenoxy) is 1. The third-order valence-corrected chi connectivity index (χ3v) is 5.25. The first-order valence-electron chi connectivity index (χ1n) is 9.59. The van der Waals surface area contributed by atoms with Gasteiger partial charge in [0.15, 0.2) is 0 Å². The summed E-state index contributed by atoms with van der Waals surface area (Å²) >= 11 is 0. The van der Waals surface area contributed by atoms with Crippen molar-refractivity contribution in [1.82, 2.24) is 5.32 Å². The minimum absolute atomic E-state index is 0.0790. The highest BCUT2D eigenvalue weighted by atomic mass is 19.1. The fourth-order valence-electron chi connectivity index (χ4n) is 3.49. The number of likely N-dealkylation sites (N-methyl/N-ethyl adjacent to an activating group) is 1. The number of methoxy groups -OCH3 is 1. The number of amides is 1. The van der Waals surface area contributed by atoms with Crippen LogP contribution >= 0.6 is 0 Å². The van der Waals surface area contributed by atoms with Gasteiger partial charge in [-0.25, -0.2) is 4.39 Å². The van der Waals surface area contributed by atoms with Crippen molar-refractivity contribution in [3.8, 4) is 5.75 Å². The summed E-state index contributed by atoms with van der Waals surface area (Å²) in [6.45, 7) is 0.864. The summed E-state index contributed by atoms with van der Waals surface area (Å²) in [7, 11) is 3.59. The zero-order chi connectivity index (χ0) is 21.1. The van der Waals surface area contributed by atoms with Crippen LogP contribution in [0.3, 0.4) is 0 Å². The van der Waals surface area contributed by atoms with Gasteiger partial charge in [0, 0.05) is 36.5 Å². The van der Waals surface area contributed by atoms with Crippen LogP contribution in [0.4, 0.5) is 10.1 Å². The summed E-state index contributed by atoms with van der Waals surface area (Å²) in [6.07, 6.45) is 2.88. The van der Waals surface area contributed by atoms with Gasteiger partial charge in [-0.15, -0.1) is 0 Å². The summed E-state index contributed by atoms with van der Waals surface area (Å²) in [6, 6.07) is 13.6. The van der Waals surface area contributed by atoms with Crippen molar-refractivity contribution in [3.05, 3.63) is 83.6 Å². The molecular weight excluding hydrogens is 385 g/mol. The van der Waals surface area contributed by atoms with Crippen molar-refractivity contribution in [2.24, 2.45) is 4.99 Å². The van der Waals surface area contributed by atoms with Gasteiger partial charge in [0.2, 0.25) is 0 Å². The smallest absolute Gasteiger partial charge is 0.254 e. The second-order valence-corrected chi connectivity index (χ2v) is 7.07. The van der Waals surface area contributed by atoms with Crippen molar-refractivity contribution >= 4 is 17.3 Å². The van der Waals surface area contributed by atoms with Crippen LogP contribution in [0.2, 0.25) is 0 Å². The lowest BCUT2D eigenvalue weighted by Gasteiger charge is -2.29. The number of rotatable bonds is 5. The highest BCUT2D eigenvalue weighted by Gasteiger charge is 2.25. The van der Waals surface area contributed by atoms with E-state index in [4.69, 9.17) is 14.1 Å². The fraction of sp³-hybridized carbons (Fsp3) is 0.217. The number of aliphatic imine (C=N–C) groups is 1. The minimum Gasteiger partial charge on any atom is -0.497 e. The van der Waals surface area contributed by atoms with Gasteiger partial charge < -0.3 is 19.4 Å². The quantitative estimate of drug-likeness (QED) is 0.703. The van der Waals surface area contributed by atoms with Crippen molar-refractivity contribution in [3.63, 3.8) is 0 Å². The molecule has 1 aliphatic rings. The number of nitrogens with one attached hydrogen (secondary N) is 1. The molecule has 30 heavy (non-hydrogen) atoms. The fourth-order valence-corrected chi connectivity index (χ4v) is 3.49. The SMILES string of the molecule is COc1ccc2c(c1)N(C)C(CNC(=O)c1ccoc1)CN=C2c1ccc(F)cc1. The van der Waals surface area contributed by atoms with E-state index in [1.165, 1.54) is 24.7 Å². The topological polar surface area (TPSA) is 67.1 Å². The van der Waals surface area contributed by atoms with Gasteiger partial charge in [-0.2, -0.15) is 0 Å². The number of benzene rings is 2. The van der Waals surface area contributed by atoms with Gasteiger partial charge in [-0.05, 0) is 42.5 Å². The molecule has 0 saturated carbocycles. The molecule has 154 valence electrons. The number of carbonyl (C=O) groups is 1. The van der Waals surface area contributed by atoms with E-state index in [1.54, 1.807) is 25.3 Å². The number of benzodiazepines with no additional fused rings is 1. The molecule has 3 aromatic rings. The molecule has 1 N–H and O–H groups in total. The lowest BCUT2D eigenvalue weighted by Crippen LogP contribution is -2.43. The maximum Gasteiger partial charge on any atom is 0.254 e. The number of furan rings is 1. The maximum absolute atomic E-state index is 13.4. The van der Waals surface area contributed by atoms with Gasteiger partial charge in [0.1, 0.15) is 17.8 Å². The number of fused-ring (bicyclic) bond motifs is 1. The molecular formula is C23H22FN3O3. The summed E-state index contributed by atoms with van der Waals surface area (Å²) in [5.41, 5.74) is 3.94. The van der Waals surface area contributed by atoms with E-state index < -0.39 is 0 Å². The zero-order valence-corrected chi connectivity index (χ0v) is 16.8. The molecule has 0 bridgehead atoms. The van der Waals surface area contributed by atoms with Gasteiger partial charge in [0.25, 0.3) is 5.91 Å². The lowest BCUT2D eigenvalue weighted by molar-refractivity contribution is 0.0951. The van der Waals surface area contributed by atoms with Crippen molar-refractivity contribution in [2.75, 3.05) is 32.1 Å². The second kappa shape index (κ2) is 8.41. The molecule has 0 aliphatic carbocycles. The normalized spacial score (nSPS) is 15.8.